The summed E-state index contributed by atoms with van der Waals surface area (Å²) in [7, 11) is 1.68. The second-order valence-electron chi connectivity index (χ2n) is 3.54. The molecule has 0 atom stereocenters. The van der Waals surface area contributed by atoms with Crippen molar-refractivity contribution in [3.8, 4) is 16.2 Å². The molecule has 0 aliphatic carbocycles. The zero-order valence-corrected chi connectivity index (χ0v) is 10.2. The SMILES string of the molecule is COc1ccc(C)cc1-c1scnc1CN. The highest BCUT2D eigenvalue weighted by Gasteiger charge is 2.12. The number of rotatable bonds is 3. The maximum absolute atomic E-state index is 5.67. The Morgan fingerprint density at radius 1 is 1.44 bits per heavy atom. The Balaban J connectivity index is 2.58. The summed E-state index contributed by atoms with van der Waals surface area (Å²) in [6, 6.07) is 6.11. The second-order valence-corrected chi connectivity index (χ2v) is 4.39. The van der Waals surface area contributed by atoms with Crippen LogP contribution in [0.3, 0.4) is 0 Å². The first kappa shape index (κ1) is 11.1. The van der Waals surface area contributed by atoms with E-state index in [2.05, 4.69) is 18.0 Å². The number of hydrogen-bond acceptors (Lipinski definition) is 4. The van der Waals surface area contributed by atoms with E-state index in [0.29, 0.717) is 6.54 Å². The molecule has 4 heteroatoms. The minimum absolute atomic E-state index is 0.454. The molecule has 0 fully saturated rings. The molecule has 1 heterocycles. The number of nitrogens with zero attached hydrogens (tertiary/aromatic N) is 1. The van der Waals surface area contributed by atoms with Gasteiger partial charge in [-0.1, -0.05) is 11.6 Å². The lowest BCUT2D eigenvalue weighted by molar-refractivity contribution is 0.416. The molecule has 16 heavy (non-hydrogen) atoms. The zero-order valence-electron chi connectivity index (χ0n) is 9.36. The van der Waals surface area contributed by atoms with Crippen molar-refractivity contribution in [3.05, 3.63) is 35.0 Å². The Labute approximate surface area is 98.9 Å². The molecular formula is C12H14N2OS. The molecular weight excluding hydrogens is 220 g/mol. The molecule has 1 aromatic heterocycles. The van der Waals surface area contributed by atoms with Crippen LogP contribution in [-0.2, 0) is 6.54 Å². The second kappa shape index (κ2) is 4.63. The monoisotopic (exact) mass is 234 g/mol. The van der Waals surface area contributed by atoms with Gasteiger partial charge in [-0.05, 0) is 19.1 Å². The van der Waals surface area contributed by atoms with Gasteiger partial charge in [0.25, 0.3) is 0 Å². The highest BCUT2D eigenvalue weighted by atomic mass is 32.1. The van der Waals surface area contributed by atoms with Crippen molar-refractivity contribution in [2.24, 2.45) is 5.73 Å². The number of thiazole rings is 1. The fourth-order valence-electron chi connectivity index (χ4n) is 1.63. The smallest absolute Gasteiger partial charge is 0.127 e. The molecule has 0 saturated heterocycles. The Morgan fingerprint density at radius 2 is 2.25 bits per heavy atom. The summed E-state index contributed by atoms with van der Waals surface area (Å²) in [5, 5.41) is 0. The van der Waals surface area contributed by atoms with Gasteiger partial charge in [-0.25, -0.2) is 4.98 Å². The number of hydrogen-bond donors (Lipinski definition) is 1. The molecule has 0 saturated carbocycles. The predicted octanol–water partition coefficient (Wildman–Crippen LogP) is 2.59. The average Bonchev–Trinajstić information content (AvgIpc) is 2.76. The molecule has 0 unspecified atom stereocenters. The number of nitrogens with two attached hydrogens (primary N) is 1. The first-order chi connectivity index (χ1) is 7.76. The standard InChI is InChI=1S/C12H14N2OS/c1-8-3-4-11(15-2)9(5-8)12-10(6-13)14-7-16-12/h3-5,7H,6,13H2,1-2H3. The molecule has 3 nitrogen and oxygen atoms in total. The third-order valence-electron chi connectivity index (χ3n) is 2.43. The van der Waals surface area contributed by atoms with Crippen LogP contribution in [-0.4, -0.2) is 12.1 Å². The fourth-order valence-corrected chi connectivity index (χ4v) is 2.48. The molecule has 0 aliphatic heterocycles. The van der Waals surface area contributed by atoms with E-state index >= 15 is 0 Å². The van der Waals surface area contributed by atoms with Gasteiger partial charge in [0.1, 0.15) is 5.75 Å². The van der Waals surface area contributed by atoms with E-state index in [1.807, 2.05) is 17.6 Å². The van der Waals surface area contributed by atoms with Crippen LogP contribution in [0.25, 0.3) is 10.4 Å². The molecule has 0 amide bonds. The van der Waals surface area contributed by atoms with Crippen molar-refractivity contribution in [1.82, 2.24) is 4.98 Å². The summed E-state index contributed by atoms with van der Waals surface area (Å²) in [6.45, 7) is 2.52. The van der Waals surface area contributed by atoms with Gasteiger partial charge in [0.05, 0.1) is 23.2 Å². The Kier molecular flexibility index (Phi) is 3.22. The van der Waals surface area contributed by atoms with Gasteiger partial charge in [0.2, 0.25) is 0 Å². The summed E-state index contributed by atoms with van der Waals surface area (Å²) in [4.78, 5) is 5.35. The van der Waals surface area contributed by atoms with Crippen molar-refractivity contribution in [2.45, 2.75) is 13.5 Å². The van der Waals surface area contributed by atoms with Crippen molar-refractivity contribution in [1.29, 1.82) is 0 Å². The molecule has 0 radical (unpaired) electrons. The van der Waals surface area contributed by atoms with E-state index in [-0.39, 0.29) is 0 Å². The van der Waals surface area contributed by atoms with E-state index < -0.39 is 0 Å². The number of benzene rings is 1. The lowest BCUT2D eigenvalue weighted by atomic mass is 10.1. The molecule has 84 valence electrons. The summed E-state index contributed by atoms with van der Waals surface area (Å²) >= 11 is 1.59. The van der Waals surface area contributed by atoms with E-state index in [9.17, 15) is 0 Å². The molecule has 0 spiro atoms. The molecule has 2 rings (SSSR count). The van der Waals surface area contributed by atoms with Crippen LogP contribution in [0.2, 0.25) is 0 Å². The normalized spacial score (nSPS) is 10.4. The topological polar surface area (TPSA) is 48.1 Å². The number of aryl methyl sites for hydroxylation is 1. The summed E-state index contributed by atoms with van der Waals surface area (Å²) in [5.74, 6) is 0.865. The lowest BCUT2D eigenvalue weighted by Gasteiger charge is -2.08. The van der Waals surface area contributed by atoms with E-state index in [1.54, 1.807) is 18.4 Å². The molecule has 0 bridgehead atoms. The molecule has 2 N–H and O–H groups in total. The van der Waals surface area contributed by atoms with Crippen molar-refractivity contribution >= 4 is 11.3 Å². The van der Waals surface area contributed by atoms with Crippen LogP contribution in [0.4, 0.5) is 0 Å². The number of aromatic nitrogens is 1. The van der Waals surface area contributed by atoms with Gasteiger partial charge in [-0.15, -0.1) is 11.3 Å². The van der Waals surface area contributed by atoms with Crippen molar-refractivity contribution in [2.75, 3.05) is 7.11 Å². The van der Waals surface area contributed by atoms with Crippen LogP contribution >= 0.6 is 11.3 Å². The third-order valence-corrected chi connectivity index (χ3v) is 3.34. The lowest BCUT2D eigenvalue weighted by Crippen LogP contribution is -1.98. The maximum Gasteiger partial charge on any atom is 0.127 e. The number of methoxy groups -OCH3 is 1. The van der Waals surface area contributed by atoms with Crippen LogP contribution in [0.15, 0.2) is 23.7 Å². The van der Waals surface area contributed by atoms with Crippen LogP contribution in [0.5, 0.6) is 5.75 Å². The third kappa shape index (κ3) is 1.94. The largest absolute Gasteiger partial charge is 0.496 e. The minimum atomic E-state index is 0.454. The Hall–Kier alpha value is -1.39. The summed E-state index contributed by atoms with van der Waals surface area (Å²) in [5.41, 5.74) is 10.7. The van der Waals surface area contributed by atoms with Gasteiger partial charge in [0.15, 0.2) is 0 Å². The molecule has 1 aromatic carbocycles. The van der Waals surface area contributed by atoms with Crippen molar-refractivity contribution < 1.29 is 4.74 Å². The van der Waals surface area contributed by atoms with Crippen molar-refractivity contribution in [3.63, 3.8) is 0 Å². The molecule has 2 aromatic rings. The van der Waals surface area contributed by atoms with Gasteiger partial charge in [-0.3, -0.25) is 0 Å². The van der Waals surface area contributed by atoms with E-state index in [1.165, 1.54) is 5.56 Å². The first-order valence-corrected chi connectivity index (χ1v) is 5.91. The van der Waals surface area contributed by atoms with Gasteiger partial charge < -0.3 is 10.5 Å². The first-order valence-electron chi connectivity index (χ1n) is 5.03. The van der Waals surface area contributed by atoms with Crippen LogP contribution < -0.4 is 10.5 Å². The highest BCUT2D eigenvalue weighted by molar-refractivity contribution is 7.13. The van der Waals surface area contributed by atoms with E-state index in [0.717, 1.165) is 21.9 Å². The summed E-state index contributed by atoms with van der Waals surface area (Å²) in [6.07, 6.45) is 0. The highest BCUT2D eigenvalue weighted by Crippen LogP contribution is 2.35. The van der Waals surface area contributed by atoms with Crippen LogP contribution in [0.1, 0.15) is 11.3 Å². The average molecular weight is 234 g/mol. The van der Waals surface area contributed by atoms with Gasteiger partial charge >= 0.3 is 0 Å². The fraction of sp³-hybridized carbons (Fsp3) is 0.250. The Bertz CT molecular complexity index is 494. The van der Waals surface area contributed by atoms with Crippen LogP contribution in [0, 0.1) is 6.92 Å². The number of ether oxygens (including phenoxy) is 1. The predicted molar refractivity (Wildman–Crippen MR) is 66.7 cm³/mol. The van der Waals surface area contributed by atoms with Gasteiger partial charge in [0, 0.05) is 12.1 Å². The maximum atomic E-state index is 5.67. The minimum Gasteiger partial charge on any atom is -0.496 e. The van der Waals surface area contributed by atoms with E-state index in [4.69, 9.17) is 10.5 Å². The zero-order chi connectivity index (χ0) is 11.5. The van der Waals surface area contributed by atoms with Gasteiger partial charge in [-0.2, -0.15) is 0 Å². The Morgan fingerprint density at radius 3 is 2.94 bits per heavy atom. The molecule has 0 aliphatic rings. The quantitative estimate of drug-likeness (QED) is 0.888. The summed E-state index contributed by atoms with van der Waals surface area (Å²) < 4.78 is 5.36.